The van der Waals surface area contributed by atoms with Gasteiger partial charge in [-0.15, -0.1) is 11.8 Å². The highest BCUT2D eigenvalue weighted by Gasteiger charge is 2.31. The van der Waals surface area contributed by atoms with E-state index >= 15 is 0 Å². The number of hydrogen-bond acceptors (Lipinski definition) is 2. The number of rotatable bonds is 1. The van der Waals surface area contributed by atoms with Gasteiger partial charge in [0.25, 0.3) is 0 Å². The van der Waals surface area contributed by atoms with E-state index in [1.165, 1.54) is 0 Å². The van der Waals surface area contributed by atoms with Gasteiger partial charge in [-0.2, -0.15) is 0 Å². The van der Waals surface area contributed by atoms with Crippen molar-refractivity contribution in [2.24, 2.45) is 0 Å². The summed E-state index contributed by atoms with van der Waals surface area (Å²) in [6.45, 7) is 0.791. The Labute approximate surface area is 111 Å². The topological polar surface area (TPSA) is 23.6 Å². The second-order valence-corrected chi connectivity index (χ2v) is 5.77. The van der Waals surface area contributed by atoms with Crippen molar-refractivity contribution in [2.45, 2.75) is 5.37 Å². The van der Waals surface area contributed by atoms with Crippen LogP contribution in [0.25, 0.3) is 0 Å². The molecule has 1 aliphatic rings. The molecule has 0 bridgehead atoms. The molecule has 0 aliphatic carbocycles. The Morgan fingerprint density at radius 2 is 2.29 bits per heavy atom. The first-order valence-corrected chi connectivity index (χ1v) is 6.87. The lowest BCUT2D eigenvalue weighted by molar-refractivity contribution is 0.173. The highest BCUT2D eigenvalue weighted by Crippen LogP contribution is 2.38. The molecule has 0 radical (unpaired) electrons. The lowest BCUT2D eigenvalue weighted by Gasteiger charge is -2.27. The van der Waals surface area contributed by atoms with E-state index in [0.717, 1.165) is 17.9 Å². The van der Waals surface area contributed by atoms with Crippen molar-refractivity contribution < 1.29 is 4.79 Å². The molecule has 2 rings (SSSR count). The first-order valence-electron chi connectivity index (χ1n) is 5.44. The molecule has 92 valence electrons. The van der Waals surface area contributed by atoms with Gasteiger partial charge in [-0.3, -0.25) is 0 Å². The Hall–Kier alpha value is -0.870. The van der Waals surface area contributed by atoms with Crippen LogP contribution in [0.1, 0.15) is 10.9 Å². The lowest BCUT2D eigenvalue weighted by Crippen LogP contribution is -2.38. The number of hydrogen-bond donors (Lipinski definition) is 0. The van der Waals surface area contributed by atoms with E-state index in [1.807, 2.05) is 29.2 Å². The number of nitrogens with zero attached hydrogens (tertiary/aromatic N) is 2. The Kier molecular flexibility index (Phi) is 3.84. The van der Waals surface area contributed by atoms with Gasteiger partial charge in [0.05, 0.1) is 0 Å². The quantitative estimate of drug-likeness (QED) is 0.783. The van der Waals surface area contributed by atoms with Crippen LogP contribution in [0.15, 0.2) is 24.3 Å². The SMILES string of the molecule is CN(C)C(=O)N1CCS[C@H]1c1cccc(Cl)c1. The van der Waals surface area contributed by atoms with Crippen LogP contribution in [0.4, 0.5) is 4.79 Å². The van der Waals surface area contributed by atoms with Crippen molar-refractivity contribution in [1.82, 2.24) is 9.80 Å². The molecule has 0 spiro atoms. The van der Waals surface area contributed by atoms with E-state index in [1.54, 1.807) is 30.8 Å². The summed E-state index contributed by atoms with van der Waals surface area (Å²) in [6.07, 6.45) is 0. The first kappa shape index (κ1) is 12.6. The molecule has 1 aromatic carbocycles. The Bertz CT molecular complexity index is 425. The van der Waals surface area contributed by atoms with Crippen LogP contribution in [0.2, 0.25) is 5.02 Å². The number of amides is 2. The normalized spacial score (nSPS) is 19.5. The van der Waals surface area contributed by atoms with Crippen LogP contribution in [0.5, 0.6) is 0 Å². The summed E-state index contributed by atoms with van der Waals surface area (Å²) in [6, 6.07) is 7.78. The van der Waals surface area contributed by atoms with Gasteiger partial charge >= 0.3 is 6.03 Å². The van der Waals surface area contributed by atoms with Gasteiger partial charge in [-0.1, -0.05) is 23.7 Å². The van der Waals surface area contributed by atoms with Crippen LogP contribution >= 0.6 is 23.4 Å². The highest BCUT2D eigenvalue weighted by atomic mass is 35.5. The van der Waals surface area contributed by atoms with E-state index in [0.29, 0.717) is 5.02 Å². The second-order valence-electron chi connectivity index (χ2n) is 4.15. The Morgan fingerprint density at radius 3 is 2.94 bits per heavy atom. The standard InChI is InChI=1S/C12H15ClN2OS/c1-14(2)12(16)15-6-7-17-11(15)9-4-3-5-10(13)8-9/h3-5,8,11H,6-7H2,1-2H3/t11-/m0/s1. The fourth-order valence-electron chi connectivity index (χ4n) is 1.86. The van der Waals surface area contributed by atoms with Gasteiger partial charge in [0.2, 0.25) is 0 Å². The molecular formula is C12H15ClN2OS. The molecule has 0 aromatic heterocycles. The minimum atomic E-state index is 0.0555. The summed E-state index contributed by atoms with van der Waals surface area (Å²) >= 11 is 7.77. The van der Waals surface area contributed by atoms with Crippen LogP contribution in [-0.2, 0) is 0 Å². The molecule has 2 amide bonds. The number of carbonyl (C=O) groups excluding carboxylic acids is 1. The number of thioether (sulfide) groups is 1. The van der Waals surface area contributed by atoms with Crippen LogP contribution in [0.3, 0.4) is 0 Å². The zero-order valence-corrected chi connectivity index (χ0v) is 11.5. The maximum Gasteiger partial charge on any atom is 0.320 e. The predicted molar refractivity (Wildman–Crippen MR) is 72.4 cm³/mol. The fourth-order valence-corrected chi connectivity index (χ4v) is 3.30. The molecule has 1 heterocycles. The van der Waals surface area contributed by atoms with Gasteiger partial charge in [-0.25, -0.2) is 4.79 Å². The Balaban J connectivity index is 2.23. The average Bonchev–Trinajstić information content (AvgIpc) is 2.76. The molecule has 0 N–H and O–H groups in total. The molecule has 17 heavy (non-hydrogen) atoms. The van der Waals surface area contributed by atoms with Gasteiger partial charge in [-0.05, 0) is 17.7 Å². The van der Waals surface area contributed by atoms with E-state index in [4.69, 9.17) is 11.6 Å². The molecule has 3 nitrogen and oxygen atoms in total. The van der Waals surface area contributed by atoms with Crippen molar-refractivity contribution in [3.8, 4) is 0 Å². The maximum atomic E-state index is 12.0. The molecule has 1 fully saturated rings. The summed E-state index contributed by atoms with van der Waals surface area (Å²) in [4.78, 5) is 15.5. The van der Waals surface area contributed by atoms with Crippen molar-refractivity contribution in [3.05, 3.63) is 34.9 Å². The summed E-state index contributed by atoms with van der Waals surface area (Å²) < 4.78 is 0. The third kappa shape index (κ3) is 2.69. The molecule has 1 saturated heterocycles. The third-order valence-corrected chi connectivity index (χ3v) is 4.15. The van der Waals surface area contributed by atoms with E-state index in [2.05, 4.69) is 0 Å². The number of halogens is 1. The molecule has 5 heteroatoms. The van der Waals surface area contributed by atoms with Gasteiger partial charge in [0.1, 0.15) is 5.37 Å². The van der Waals surface area contributed by atoms with Crippen molar-refractivity contribution in [1.29, 1.82) is 0 Å². The summed E-state index contributed by atoms with van der Waals surface area (Å²) in [7, 11) is 3.56. The van der Waals surface area contributed by atoms with Crippen LogP contribution < -0.4 is 0 Å². The minimum absolute atomic E-state index is 0.0555. The van der Waals surface area contributed by atoms with E-state index in [-0.39, 0.29) is 11.4 Å². The maximum absolute atomic E-state index is 12.0. The van der Waals surface area contributed by atoms with Crippen LogP contribution in [-0.4, -0.2) is 42.2 Å². The lowest BCUT2D eigenvalue weighted by atomic mass is 10.2. The monoisotopic (exact) mass is 270 g/mol. The molecule has 1 aliphatic heterocycles. The van der Waals surface area contributed by atoms with E-state index < -0.39 is 0 Å². The van der Waals surface area contributed by atoms with Crippen molar-refractivity contribution in [3.63, 3.8) is 0 Å². The summed E-state index contributed by atoms with van der Waals surface area (Å²) in [5.74, 6) is 0.969. The molecule has 1 atom stereocenters. The average molecular weight is 271 g/mol. The zero-order chi connectivity index (χ0) is 12.4. The second kappa shape index (κ2) is 5.19. The van der Waals surface area contributed by atoms with Crippen LogP contribution in [0, 0.1) is 0 Å². The molecule has 1 aromatic rings. The smallest absolute Gasteiger partial charge is 0.320 e. The van der Waals surface area contributed by atoms with Gasteiger partial charge in [0.15, 0.2) is 0 Å². The van der Waals surface area contributed by atoms with Crippen molar-refractivity contribution >= 4 is 29.4 Å². The molecule has 0 unspecified atom stereocenters. The predicted octanol–water partition coefficient (Wildman–Crippen LogP) is 3.07. The Morgan fingerprint density at radius 1 is 1.53 bits per heavy atom. The fraction of sp³-hybridized carbons (Fsp3) is 0.417. The minimum Gasteiger partial charge on any atom is -0.331 e. The summed E-state index contributed by atoms with van der Waals surface area (Å²) in [5, 5.41) is 0.802. The molecule has 0 saturated carbocycles. The highest BCUT2D eigenvalue weighted by molar-refractivity contribution is 7.99. The van der Waals surface area contributed by atoms with Gasteiger partial charge in [0, 0.05) is 31.4 Å². The number of carbonyl (C=O) groups is 1. The first-order chi connectivity index (χ1) is 8.09. The van der Waals surface area contributed by atoms with Gasteiger partial charge < -0.3 is 9.80 Å². The molecular weight excluding hydrogens is 256 g/mol. The third-order valence-electron chi connectivity index (χ3n) is 2.65. The number of urea groups is 1. The largest absolute Gasteiger partial charge is 0.331 e. The summed E-state index contributed by atoms with van der Waals surface area (Å²) in [5.41, 5.74) is 1.09. The number of benzene rings is 1. The van der Waals surface area contributed by atoms with Crippen molar-refractivity contribution in [2.75, 3.05) is 26.4 Å². The zero-order valence-electron chi connectivity index (χ0n) is 9.89. The van der Waals surface area contributed by atoms with E-state index in [9.17, 15) is 4.79 Å².